The third kappa shape index (κ3) is 2.37. The molecular formula is C14H14BrN5O. The van der Waals surface area contributed by atoms with E-state index in [1.165, 1.54) is 4.68 Å². The minimum Gasteiger partial charge on any atom is -0.267 e. The van der Waals surface area contributed by atoms with Crippen LogP contribution in [0.3, 0.4) is 0 Å². The van der Waals surface area contributed by atoms with Gasteiger partial charge in [0.05, 0.1) is 27.8 Å². The first kappa shape index (κ1) is 13.9. The summed E-state index contributed by atoms with van der Waals surface area (Å²) in [6.07, 6.45) is 0. The summed E-state index contributed by atoms with van der Waals surface area (Å²) >= 11 is 3.53. The summed E-state index contributed by atoms with van der Waals surface area (Å²) in [5, 5.41) is 13.1. The second-order valence-electron chi connectivity index (χ2n) is 4.73. The standard InChI is InChI=1S/C14H14BrN5O/c1-3-19-12(13(15)9(2)17-19)8-20-14(21)10-6-4-5-7-11(10)16-18-20/h4-7H,3,8H2,1-2H3. The molecule has 6 nitrogen and oxygen atoms in total. The summed E-state index contributed by atoms with van der Waals surface area (Å²) in [5.74, 6) is 0. The maximum Gasteiger partial charge on any atom is 0.277 e. The van der Waals surface area contributed by atoms with E-state index in [2.05, 4.69) is 31.3 Å². The van der Waals surface area contributed by atoms with Gasteiger partial charge in [0.15, 0.2) is 0 Å². The highest BCUT2D eigenvalue weighted by Crippen LogP contribution is 2.21. The van der Waals surface area contributed by atoms with Gasteiger partial charge in [0.2, 0.25) is 0 Å². The fourth-order valence-electron chi connectivity index (χ4n) is 2.29. The smallest absolute Gasteiger partial charge is 0.267 e. The SMILES string of the molecule is CCn1nc(C)c(Br)c1Cn1nnc2ccccc2c1=O. The van der Waals surface area contributed by atoms with E-state index in [9.17, 15) is 4.79 Å². The van der Waals surface area contributed by atoms with Gasteiger partial charge in [0.25, 0.3) is 5.56 Å². The summed E-state index contributed by atoms with van der Waals surface area (Å²) in [7, 11) is 0. The molecule has 21 heavy (non-hydrogen) atoms. The average Bonchev–Trinajstić information content (AvgIpc) is 2.78. The van der Waals surface area contributed by atoms with Crippen LogP contribution in [0.5, 0.6) is 0 Å². The molecule has 0 aliphatic rings. The number of halogens is 1. The molecule has 7 heteroatoms. The first-order chi connectivity index (χ1) is 10.1. The first-order valence-corrected chi connectivity index (χ1v) is 7.45. The Morgan fingerprint density at radius 3 is 2.76 bits per heavy atom. The zero-order chi connectivity index (χ0) is 15.0. The van der Waals surface area contributed by atoms with Crippen molar-refractivity contribution in [3.05, 3.63) is 50.5 Å². The highest BCUT2D eigenvalue weighted by atomic mass is 79.9. The van der Waals surface area contributed by atoms with Crippen molar-refractivity contribution >= 4 is 26.8 Å². The number of aromatic nitrogens is 5. The second-order valence-corrected chi connectivity index (χ2v) is 5.52. The van der Waals surface area contributed by atoms with E-state index in [0.29, 0.717) is 17.4 Å². The molecule has 0 fully saturated rings. The van der Waals surface area contributed by atoms with Crippen LogP contribution in [0.1, 0.15) is 18.3 Å². The number of benzene rings is 1. The van der Waals surface area contributed by atoms with E-state index in [1.807, 2.05) is 30.7 Å². The van der Waals surface area contributed by atoms with Crippen molar-refractivity contribution in [1.29, 1.82) is 0 Å². The van der Waals surface area contributed by atoms with Crippen molar-refractivity contribution in [2.75, 3.05) is 0 Å². The Balaban J connectivity index is 2.11. The van der Waals surface area contributed by atoms with E-state index >= 15 is 0 Å². The van der Waals surface area contributed by atoms with Crippen molar-refractivity contribution < 1.29 is 0 Å². The van der Waals surface area contributed by atoms with E-state index < -0.39 is 0 Å². The van der Waals surface area contributed by atoms with Gasteiger partial charge in [0.1, 0.15) is 5.52 Å². The quantitative estimate of drug-likeness (QED) is 0.727. The lowest BCUT2D eigenvalue weighted by molar-refractivity contribution is 0.542. The van der Waals surface area contributed by atoms with E-state index in [4.69, 9.17) is 0 Å². The predicted octanol–water partition coefficient (Wildman–Crippen LogP) is 2.13. The van der Waals surface area contributed by atoms with Crippen LogP contribution in [0, 0.1) is 6.92 Å². The monoisotopic (exact) mass is 347 g/mol. The number of fused-ring (bicyclic) bond motifs is 1. The fraction of sp³-hybridized carbons (Fsp3) is 0.286. The summed E-state index contributed by atoms with van der Waals surface area (Å²) in [5.41, 5.74) is 2.28. The number of rotatable bonds is 3. The molecule has 2 heterocycles. The molecule has 3 rings (SSSR count). The molecule has 0 spiro atoms. The Hall–Kier alpha value is -2.02. The topological polar surface area (TPSA) is 65.6 Å². The first-order valence-electron chi connectivity index (χ1n) is 6.66. The van der Waals surface area contributed by atoms with Crippen LogP contribution in [0.2, 0.25) is 0 Å². The molecule has 0 saturated carbocycles. The Bertz CT molecular complexity index is 867. The van der Waals surface area contributed by atoms with Crippen molar-refractivity contribution in [2.24, 2.45) is 0 Å². The molecule has 108 valence electrons. The molecule has 0 aliphatic heterocycles. The number of aryl methyl sites for hydroxylation is 2. The van der Waals surface area contributed by atoms with Crippen molar-refractivity contribution in [2.45, 2.75) is 26.9 Å². The maximum absolute atomic E-state index is 12.5. The zero-order valence-electron chi connectivity index (χ0n) is 11.7. The van der Waals surface area contributed by atoms with Gasteiger partial charge in [0, 0.05) is 6.54 Å². The van der Waals surface area contributed by atoms with Crippen LogP contribution in [-0.2, 0) is 13.1 Å². The van der Waals surface area contributed by atoms with Gasteiger partial charge in [-0.3, -0.25) is 9.48 Å². The summed E-state index contributed by atoms with van der Waals surface area (Å²) in [4.78, 5) is 12.5. The highest BCUT2D eigenvalue weighted by Gasteiger charge is 2.14. The summed E-state index contributed by atoms with van der Waals surface area (Å²) < 4.78 is 4.14. The molecule has 2 aromatic heterocycles. The summed E-state index contributed by atoms with van der Waals surface area (Å²) in [6.45, 7) is 5.01. The Morgan fingerprint density at radius 2 is 2.00 bits per heavy atom. The third-order valence-electron chi connectivity index (χ3n) is 3.38. The zero-order valence-corrected chi connectivity index (χ0v) is 13.3. The van der Waals surface area contributed by atoms with Crippen molar-refractivity contribution in [3.8, 4) is 0 Å². The normalized spacial score (nSPS) is 11.2. The second kappa shape index (κ2) is 5.40. The molecular weight excluding hydrogens is 334 g/mol. The van der Waals surface area contributed by atoms with Crippen LogP contribution < -0.4 is 5.56 Å². The minimum absolute atomic E-state index is 0.144. The van der Waals surface area contributed by atoms with E-state index in [-0.39, 0.29) is 5.56 Å². The Kier molecular flexibility index (Phi) is 3.59. The minimum atomic E-state index is -0.144. The van der Waals surface area contributed by atoms with Gasteiger partial charge in [-0.1, -0.05) is 17.3 Å². The van der Waals surface area contributed by atoms with Crippen LogP contribution in [0.25, 0.3) is 10.9 Å². The van der Waals surface area contributed by atoms with Gasteiger partial charge in [-0.05, 0) is 41.9 Å². The molecule has 0 N–H and O–H groups in total. The lowest BCUT2D eigenvalue weighted by atomic mass is 10.2. The average molecular weight is 348 g/mol. The summed E-state index contributed by atoms with van der Waals surface area (Å²) in [6, 6.07) is 7.21. The fourth-order valence-corrected chi connectivity index (χ4v) is 2.70. The van der Waals surface area contributed by atoms with Gasteiger partial charge < -0.3 is 0 Å². The molecule has 0 amide bonds. The Morgan fingerprint density at radius 1 is 1.24 bits per heavy atom. The largest absolute Gasteiger partial charge is 0.277 e. The van der Waals surface area contributed by atoms with Crippen LogP contribution in [0.15, 0.2) is 33.5 Å². The van der Waals surface area contributed by atoms with Gasteiger partial charge in [-0.15, -0.1) is 5.10 Å². The van der Waals surface area contributed by atoms with Crippen LogP contribution >= 0.6 is 15.9 Å². The molecule has 0 bridgehead atoms. The van der Waals surface area contributed by atoms with Crippen LogP contribution in [-0.4, -0.2) is 24.8 Å². The van der Waals surface area contributed by atoms with Gasteiger partial charge in [-0.2, -0.15) is 5.10 Å². The predicted molar refractivity (Wildman–Crippen MR) is 83.2 cm³/mol. The molecule has 0 saturated heterocycles. The van der Waals surface area contributed by atoms with E-state index in [0.717, 1.165) is 22.4 Å². The molecule has 3 aromatic rings. The van der Waals surface area contributed by atoms with E-state index in [1.54, 1.807) is 12.1 Å². The lowest BCUT2D eigenvalue weighted by Crippen LogP contribution is -2.26. The molecule has 1 aromatic carbocycles. The Labute approximate surface area is 129 Å². The highest BCUT2D eigenvalue weighted by molar-refractivity contribution is 9.10. The molecule has 0 unspecified atom stereocenters. The number of hydrogen-bond donors (Lipinski definition) is 0. The number of hydrogen-bond acceptors (Lipinski definition) is 4. The number of nitrogens with zero attached hydrogens (tertiary/aromatic N) is 5. The molecule has 0 atom stereocenters. The van der Waals surface area contributed by atoms with Crippen molar-refractivity contribution in [3.63, 3.8) is 0 Å². The lowest BCUT2D eigenvalue weighted by Gasteiger charge is -2.07. The van der Waals surface area contributed by atoms with Crippen molar-refractivity contribution in [1.82, 2.24) is 24.8 Å². The van der Waals surface area contributed by atoms with Gasteiger partial charge >= 0.3 is 0 Å². The third-order valence-corrected chi connectivity index (χ3v) is 4.41. The van der Waals surface area contributed by atoms with Crippen LogP contribution in [0.4, 0.5) is 0 Å². The maximum atomic E-state index is 12.5. The van der Waals surface area contributed by atoms with Gasteiger partial charge in [-0.25, -0.2) is 4.68 Å². The molecule has 0 aliphatic carbocycles. The molecule has 0 radical (unpaired) electrons.